The minimum absolute atomic E-state index is 0.628. The first-order valence-electron chi connectivity index (χ1n) is 4.61. The maximum atomic E-state index is 11.7. The lowest BCUT2D eigenvalue weighted by molar-refractivity contribution is -0.255. The fourth-order valence-electron chi connectivity index (χ4n) is 1.52. The van der Waals surface area contributed by atoms with Gasteiger partial charge in [-0.15, -0.1) is 0 Å². The molecule has 0 unspecified atom stereocenters. The Labute approximate surface area is 68.6 Å². The molecule has 2 heteroatoms. The quantitative estimate of drug-likeness (QED) is 0.579. The van der Waals surface area contributed by atoms with E-state index in [1.54, 1.807) is 0 Å². The summed E-state index contributed by atoms with van der Waals surface area (Å²) in [6.45, 7) is 2.66. The van der Waals surface area contributed by atoms with Crippen LogP contribution in [0.5, 0.6) is 0 Å². The lowest BCUT2D eigenvalue weighted by Gasteiger charge is -2.29. The van der Waals surface area contributed by atoms with E-state index in [-0.39, 0.29) is 0 Å². The molecule has 1 aliphatic rings. The Kier molecular flexibility index (Phi) is 3.34. The van der Waals surface area contributed by atoms with Gasteiger partial charge in [-0.1, -0.05) is 13.3 Å². The van der Waals surface area contributed by atoms with E-state index >= 15 is 0 Å². The van der Waals surface area contributed by atoms with Gasteiger partial charge in [0.2, 0.25) is 5.79 Å². The second-order valence-corrected chi connectivity index (χ2v) is 3.32. The van der Waals surface area contributed by atoms with Gasteiger partial charge in [-0.2, -0.15) is 5.11 Å². The molecule has 0 bridgehead atoms. The Morgan fingerprint density at radius 3 is 2.45 bits per heavy atom. The smallest absolute Gasteiger partial charge is 0.201 e. The molecule has 11 heavy (non-hydrogen) atoms. The summed E-state index contributed by atoms with van der Waals surface area (Å²) < 4.78 is 5.26. The summed E-state index contributed by atoms with van der Waals surface area (Å²) in [5, 5.41) is 11.7. The molecule has 0 saturated heterocycles. The van der Waals surface area contributed by atoms with Crippen molar-refractivity contribution in [2.45, 2.75) is 51.2 Å². The van der Waals surface area contributed by atoms with Crippen LogP contribution in [0.3, 0.4) is 0 Å². The predicted molar refractivity (Wildman–Crippen MR) is 42.7 cm³/mol. The van der Waals surface area contributed by atoms with E-state index in [1.165, 1.54) is 6.42 Å². The van der Waals surface area contributed by atoms with Gasteiger partial charge in [0.25, 0.3) is 0 Å². The van der Waals surface area contributed by atoms with Gasteiger partial charge in [0.05, 0.1) is 0 Å². The van der Waals surface area contributed by atoms with Gasteiger partial charge in [0.1, 0.15) is 0 Å². The summed E-state index contributed by atoms with van der Waals surface area (Å²) in [5.41, 5.74) is 0. The van der Waals surface area contributed by atoms with Crippen LogP contribution in [0, 0.1) is 0 Å². The van der Waals surface area contributed by atoms with E-state index in [9.17, 15) is 5.11 Å². The van der Waals surface area contributed by atoms with E-state index in [0.717, 1.165) is 19.3 Å². The molecule has 0 atom stereocenters. The minimum Gasteiger partial charge on any atom is -0.347 e. The van der Waals surface area contributed by atoms with Crippen molar-refractivity contribution >= 4 is 0 Å². The molecule has 0 aromatic rings. The SMILES string of the molecule is CCCOC1([O])CCCCC1. The van der Waals surface area contributed by atoms with E-state index in [0.29, 0.717) is 19.4 Å². The third-order valence-corrected chi connectivity index (χ3v) is 2.18. The monoisotopic (exact) mass is 157 g/mol. The molecular formula is C9H17O2. The zero-order valence-electron chi connectivity index (χ0n) is 7.27. The average Bonchev–Trinajstić information content (AvgIpc) is 2.03. The van der Waals surface area contributed by atoms with Crippen molar-refractivity contribution in [3.63, 3.8) is 0 Å². The van der Waals surface area contributed by atoms with E-state index in [2.05, 4.69) is 0 Å². The lowest BCUT2D eigenvalue weighted by atomic mass is 9.94. The molecule has 0 aromatic heterocycles. The van der Waals surface area contributed by atoms with Crippen molar-refractivity contribution in [2.75, 3.05) is 6.61 Å². The molecule has 1 aliphatic carbocycles. The third kappa shape index (κ3) is 2.80. The first kappa shape index (κ1) is 9.01. The summed E-state index contributed by atoms with van der Waals surface area (Å²) in [6, 6.07) is 0. The van der Waals surface area contributed by atoms with Gasteiger partial charge in [-0.05, 0) is 19.3 Å². The summed E-state index contributed by atoms with van der Waals surface area (Å²) >= 11 is 0. The van der Waals surface area contributed by atoms with Crippen molar-refractivity contribution in [2.24, 2.45) is 0 Å². The fraction of sp³-hybridized carbons (Fsp3) is 1.00. The summed E-state index contributed by atoms with van der Waals surface area (Å²) in [6.07, 6.45) is 5.68. The maximum Gasteiger partial charge on any atom is 0.201 e. The number of hydrogen-bond acceptors (Lipinski definition) is 1. The van der Waals surface area contributed by atoms with Gasteiger partial charge in [-0.3, -0.25) is 0 Å². The zero-order valence-corrected chi connectivity index (χ0v) is 7.27. The number of ether oxygens (including phenoxy) is 1. The molecule has 0 spiro atoms. The molecular weight excluding hydrogens is 140 g/mol. The minimum atomic E-state index is -1.02. The van der Waals surface area contributed by atoms with Crippen molar-refractivity contribution in [3.8, 4) is 0 Å². The highest BCUT2D eigenvalue weighted by molar-refractivity contribution is 4.72. The Balaban J connectivity index is 2.25. The molecule has 1 rings (SSSR count). The molecule has 2 nitrogen and oxygen atoms in total. The lowest BCUT2D eigenvalue weighted by Crippen LogP contribution is -2.33. The number of hydrogen-bond donors (Lipinski definition) is 0. The van der Waals surface area contributed by atoms with Crippen LogP contribution in [0.1, 0.15) is 45.4 Å². The van der Waals surface area contributed by atoms with Gasteiger partial charge in [0.15, 0.2) is 0 Å². The van der Waals surface area contributed by atoms with E-state index < -0.39 is 5.79 Å². The van der Waals surface area contributed by atoms with Crippen LogP contribution in [0.15, 0.2) is 0 Å². The summed E-state index contributed by atoms with van der Waals surface area (Å²) in [7, 11) is 0. The fourth-order valence-corrected chi connectivity index (χ4v) is 1.52. The van der Waals surface area contributed by atoms with Crippen LogP contribution in [-0.4, -0.2) is 12.4 Å². The molecule has 0 aromatic carbocycles. The van der Waals surface area contributed by atoms with Crippen LogP contribution in [0.25, 0.3) is 0 Å². The third-order valence-electron chi connectivity index (χ3n) is 2.18. The van der Waals surface area contributed by atoms with Crippen molar-refractivity contribution < 1.29 is 9.84 Å². The average molecular weight is 157 g/mol. The van der Waals surface area contributed by atoms with Gasteiger partial charge >= 0.3 is 0 Å². The first-order valence-corrected chi connectivity index (χ1v) is 4.61. The zero-order chi connectivity index (χ0) is 8.16. The van der Waals surface area contributed by atoms with Crippen LogP contribution in [-0.2, 0) is 9.84 Å². The highest BCUT2D eigenvalue weighted by Gasteiger charge is 2.31. The van der Waals surface area contributed by atoms with E-state index in [4.69, 9.17) is 4.74 Å². The molecule has 0 N–H and O–H groups in total. The highest BCUT2D eigenvalue weighted by atomic mass is 16.6. The van der Waals surface area contributed by atoms with Crippen LogP contribution in [0.2, 0.25) is 0 Å². The second kappa shape index (κ2) is 4.07. The second-order valence-electron chi connectivity index (χ2n) is 3.32. The van der Waals surface area contributed by atoms with E-state index in [1.807, 2.05) is 6.92 Å². The van der Waals surface area contributed by atoms with Crippen LogP contribution in [0.4, 0.5) is 0 Å². The van der Waals surface area contributed by atoms with Gasteiger partial charge in [0, 0.05) is 19.4 Å². The predicted octanol–water partition coefficient (Wildman–Crippen LogP) is 2.50. The van der Waals surface area contributed by atoms with Crippen molar-refractivity contribution in [1.29, 1.82) is 0 Å². The number of rotatable bonds is 3. The molecule has 1 fully saturated rings. The molecule has 1 saturated carbocycles. The van der Waals surface area contributed by atoms with Crippen molar-refractivity contribution in [1.82, 2.24) is 0 Å². The van der Waals surface area contributed by atoms with Gasteiger partial charge < -0.3 is 4.74 Å². The van der Waals surface area contributed by atoms with Crippen LogP contribution >= 0.6 is 0 Å². The summed E-state index contributed by atoms with van der Waals surface area (Å²) in [4.78, 5) is 0. The molecule has 0 amide bonds. The van der Waals surface area contributed by atoms with Crippen molar-refractivity contribution in [3.05, 3.63) is 0 Å². The first-order chi connectivity index (χ1) is 5.27. The molecule has 0 heterocycles. The molecule has 65 valence electrons. The molecule has 0 aliphatic heterocycles. The Hall–Kier alpha value is -0.0800. The normalized spacial score (nSPS) is 23.5. The molecule has 1 radical (unpaired) electrons. The topological polar surface area (TPSA) is 29.1 Å². The Morgan fingerprint density at radius 1 is 1.27 bits per heavy atom. The van der Waals surface area contributed by atoms with Gasteiger partial charge in [-0.25, -0.2) is 0 Å². The highest BCUT2D eigenvalue weighted by Crippen LogP contribution is 2.29. The summed E-state index contributed by atoms with van der Waals surface area (Å²) in [5.74, 6) is -1.02. The Bertz CT molecular complexity index is 106. The van der Waals surface area contributed by atoms with Crippen LogP contribution < -0.4 is 0 Å². The standard InChI is InChI=1S/C9H17O2/c1-2-8-11-9(10)6-4-3-5-7-9/h2-8H2,1H3. The largest absolute Gasteiger partial charge is 0.347 e. The maximum absolute atomic E-state index is 11.7. The Morgan fingerprint density at radius 2 is 1.91 bits per heavy atom.